The number of amidine groups is 1. The van der Waals surface area contributed by atoms with Crippen molar-refractivity contribution in [3.05, 3.63) is 70.6 Å². The van der Waals surface area contributed by atoms with Gasteiger partial charge in [-0.05, 0) is 41.8 Å². The number of anilines is 1. The molecule has 6 nitrogen and oxygen atoms in total. The molecule has 1 unspecified atom stereocenters. The Morgan fingerprint density at radius 3 is 2.62 bits per heavy atom. The van der Waals surface area contributed by atoms with Crippen LogP contribution in [-0.4, -0.2) is 28.2 Å². The number of aromatic hydroxyl groups is 1. The number of thiophene rings is 1. The van der Waals surface area contributed by atoms with Crippen LogP contribution in [0.25, 0.3) is 10.4 Å². The number of phenolic OH excluding ortho intramolecular Hbond substituents is 1. The van der Waals surface area contributed by atoms with E-state index in [0.717, 1.165) is 38.0 Å². The number of hydrogen-bond donors (Lipinski definition) is 4. The SMILES string of the molecule is CC1NC(=NCc2cccc(O)c2)c2sc(-c3ccc(CC(=O)O)cc3)cc2N1. The van der Waals surface area contributed by atoms with Gasteiger partial charge in [-0.25, -0.2) is 0 Å². The second-order valence-corrected chi connectivity index (χ2v) is 8.02. The third kappa shape index (κ3) is 4.41. The van der Waals surface area contributed by atoms with Gasteiger partial charge >= 0.3 is 5.97 Å². The summed E-state index contributed by atoms with van der Waals surface area (Å²) < 4.78 is 0. The van der Waals surface area contributed by atoms with Gasteiger partial charge in [0.2, 0.25) is 0 Å². The van der Waals surface area contributed by atoms with Gasteiger partial charge in [0.25, 0.3) is 0 Å². The molecule has 2 heterocycles. The molecule has 4 rings (SSSR count). The molecule has 0 saturated heterocycles. The molecule has 1 aromatic heterocycles. The van der Waals surface area contributed by atoms with E-state index >= 15 is 0 Å². The summed E-state index contributed by atoms with van der Waals surface area (Å²) in [7, 11) is 0. The van der Waals surface area contributed by atoms with Crippen molar-refractivity contribution in [3.63, 3.8) is 0 Å². The third-order valence-electron chi connectivity index (χ3n) is 4.60. The molecule has 148 valence electrons. The van der Waals surface area contributed by atoms with Gasteiger partial charge in [-0.2, -0.15) is 0 Å². The molecule has 29 heavy (non-hydrogen) atoms. The van der Waals surface area contributed by atoms with Crippen molar-refractivity contribution in [1.82, 2.24) is 5.32 Å². The zero-order valence-electron chi connectivity index (χ0n) is 15.8. The van der Waals surface area contributed by atoms with Gasteiger partial charge in [0.05, 0.1) is 29.7 Å². The average Bonchev–Trinajstić information content (AvgIpc) is 3.10. The van der Waals surface area contributed by atoms with E-state index in [2.05, 4.69) is 16.7 Å². The summed E-state index contributed by atoms with van der Waals surface area (Å²) in [6.45, 7) is 2.50. The quantitative estimate of drug-likeness (QED) is 0.512. The van der Waals surface area contributed by atoms with Crippen LogP contribution in [0.15, 0.2) is 59.6 Å². The number of fused-ring (bicyclic) bond motifs is 1. The monoisotopic (exact) mass is 407 g/mol. The van der Waals surface area contributed by atoms with Gasteiger partial charge in [-0.1, -0.05) is 36.4 Å². The molecular weight excluding hydrogens is 386 g/mol. The number of aliphatic imine (C=N–C) groups is 1. The number of aliphatic carboxylic acids is 1. The number of rotatable bonds is 5. The number of phenols is 1. The molecule has 4 N–H and O–H groups in total. The molecule has 0 radical (unpaired) electrons. The van der Waals surface area contributed by atoms with E-state index in [4.69, 9.17) is 10.1 Å². The van der Waals surface area contributed by atoms with Gasteiger partial charge in [0.1, 0.15) is 11.6 Å². The standard InChI is InChI=1S/C22H21N3O3S/c1-13-24-18-11-19(16-7-5-14(6-8-16)10-20(27)28)29-21(18)22(25-13)23-12-15-3-2-4-17(26)9-15/h2-9,11,13,24,26H,10,12H2,1H3,(H,23,25)(H,27,28). The maximum atomic E-state index is 10.9. The Labute approximate surface area is 172 Å². The molecule has 7 heteroatoms. The molecule has 0 amide bonds. The first-order valence-electron chi connectivity index (χ1n) is 9.28. The third-order valence-corrected chi connectivity index (χ3v) is 5.79. The number of nitrogens with one attached hydrogen (secondary N) is 2. The number of carboxylic acid groups (broad SMARTS) is 1. The van der Waals surface area contributed by atoms with E-state index in [0.29, 0.717) is 6.54 Å². The maximum absolute atomic E-state index is 10.9. The number of nitrogens with zero attached hydrogens (tertiary/aromatic N) is 1. The molecule has 0 spiro atoms. The summed E-state index contributed by atoms with van der Waals surface area (Å²) in [5.74, 6) is 0.231. The minimum Gasteiger partial charge on any atom is -0.508 e. The predicted molar refractivity (Wildman–Crippen MR) is 116 cm³/mol. The molecule has 2 aromatic carbocycles. The first kappa shape index (κ1) is 19.0. The molecule has 0 bridgehead atoms. The summed E-state index contributed by atoms with van der Waals surface area (Å²) in [4.78, 5) is 17.7. The Bertz CT molecular complexity index is 1070. The Hall–Kier alpha value is -3.32. The summed E-state index contributed by atoms with van der Waals surface area (Å²) in [5, 5.41) is 25.4. The Morgan fingerprint density at radius 1 is 1.10 bits per heavy atom. The highest BCUT2D eigenvalue weighted by atomic mass is 32.1. The fourth-order valence-electron chi connectivity index (χ4n) is 3.26. The van der Waals surface area contributed by atoms with E-state index in [1.165, 1.54) is 0 Å². The highest BCUT2D eigenvalue weighted by Gasteiger charge is 2.22. The minimum absolute atomic E-state index is 0.0239. The van der Waals surface area contributed by atoms with Gasteiger partial charge in [-0.3, -0.25) is 9.79 Å². The van der Waals surface area contributed by atoms with E-state index in [1.807, 2.05) is 43.3 Å². The maximum Gasteiger partial charge on any atom is 0.307 e. The lowest BCUT2D eigenvalue weighted by Crippen LogP contribution is -2.42. The zero-order chi connectivity index (χ0) is 20.4. The van der Waals surface area contributed by atoms with E-state index in [9.17, 15) is 9.90 Å². The van der Waals surface area contributed by atoms with Crippen molar-refractivity contribution >= 4 is 28.8 Å². The van der Waals surface area contributed by atoms with Crippen LogP contribution < -0.4 is 10.6 Å². The van der Waals surface area contributed by atoms with Crippen LogP contribution in [0.2, 0.25) is 0 Å². The van der Waals surface area contributed by atoms with E-state index < -0.39 is 5.97 Å². The summed E-state index contributed by atoms with van der Waals surface area (Å²) in [6.07, 6.45) is 0.0709. The lowest BCUT2D eigenvalue weighted by Gasteiger charge is -2.25. The number of benzene rings is 2. The van der Waals surface area contributed by atoms with Crippen LogP contribution in [0.4, 0.5) is 5.69 Å². The molecule has 1 aliphatic heterocycles. The van der Waals surface area contributed by atoms with E-state index in [1.54, 1.807) is 23.5 Å². The lowest BCUT2D eigenvalue weighted by atomic mass is 10.1. The molecule has 0 aliphatic carbocycles. The first-order valence-corrected chi connectivity index (χ1v) is 10.1. The Balaban J connectivity index is 1.61. The lowest BCUT2D eigenvalue weighted by molar-refractivity contribution is -0.136. The van der Waals surface area contributed by atoms with Crippen LogP contribution >= 0.6 is 11.3 Å². The smallest absolute Gasteiger partial charge is 0.307 e. The average molecular weight is 407 g/mol. The normalized spacial score (nSPS) is 16.7. The second kappa shape index (κ2) is 7.97. The van der Waals surface area contributed by atoms with Crippen molar-refractivity contribution in [3.8, 4) is 16.2 Å². The summed E-state index contributed by atoms with van der Waals surface area (Å²) in [5.41, 5.74) is 3.79. The highest BCUT2D eigenvalue weighted by molar-refractivity contribution is 7.18. The van der Waals surface area contributed by atoms with Crippen molar-refractivity contribution in [2.75, 3.05) is 5.32 Å². The Kier molecular flexibility index (Phi) is 5.22. The van der Waals surface area contributed by atoms with Crippen LogP contribution in [0.1, 0.15) is 22.9 Å². The number of carboxylic acids is 1. The van der Waals surface area contributed by atoms with Crippen LogP contribution in [0, 0.1) is 0 Å². The molecule has 1 atom stereocenters. The molecule has 3 aromatic rings. The molecule has 1 aliphatic rings. The predicted octanol–water partition coefficient (Wildman–Crippen LogP) is 4.06. The van der Waals surface area contributed by atoms with Crippen LogP contribution in [0.5, 0.6) is 5.75 Å². The fourth-order valence-corrected chi connectivity index (χ4v) is 4.36. The second-order valence-electron chi connectivity index (χ2n) is 6.97. The van der Waals surface area contributed by atoms with Crippen LogP contribution in [-0.2, 0) is 17.8 Å². The zero-order valence-corrected chi connectivity index (χ0v) is 16.7. The molecular formula is C22H21N3O3S. The van der Waals surface area contributed by atoms with E-state index in [-0.39, 0.29) is 18.3 Å². The summed E-state index contributed by atoms with van der Waals surface area (Å²) >= 11 is 1.64. The highest BCUT2D eigenvalue weighted by Crippen LogP contribution is 2.37. The minimum atomic E-state index is -0.832. The van der Waals surface area contributed by atoms with Gasteiger partial charge in [0.15, 0.2) is 0 Å². The Morgan fingerprint density at radius 2 is 1.90 bits per heavy atom. The van der Waals surface area contributed by atoms with Crippen molar-refractivity contribution < 1.29 is 15.0 Å². The van der Waals surface area contributed by atoms with Crippen molar-refractivity contribution in [2.24, 2.45) is 4.99 Å². The van der Waals surface area contributed by atoms with Gasteiger partial charge < -0.3 is 20.8 Å². The topological polar surface area (TPSA) is 94.0 Å². The number of carbonyl (C=O) groups is 1. The molecule has 0 saturated carbocycles. The van der Waals surface area contributed by atoms with Crippen molar-refractivity contribution in [1.29, 1.82) is 0 Å². The first-order chi connectivity index (χ1) is 14.0. The van der Waals surface area contributed by atoms with Crippen LogP contribution in [0.3, 0.4) is 0 Å². The van der Waals surface area contributed by atoms with Gasteiger partial charge in [0, 0.05) is 4.88 Å². The fraction of sp³-hybridized carbons (Fsp3) is 0.182. The summed E-state index contributed by atoms with van der Waals surface area (Å²) in [6, 6.07) is 16.8. The van der Waals surface area contributed by atoms with Crippen molar-refractivity contribution in [2.45, 2.75) is 26.1 Å². The molecule has 0 fully saturated rings. The number of hydrogen-bond acceptors (Lipinski definition) is 5. The largest absolute Gasteiger partial charge is 0.508 e. The van der Waals surface area contributed by atoms with Gasteiger partial charge in [-0.15, -0.1) is 11.3 Å².